The van der Waals surface area contributed by atoms with Crippen LogP contribution < -0.4 is 5.32 Å². The molecular formula is C8H15NO2S. The van der Waals surface area contributed by atoms with Crippen LogP contribution in [0.2, 0.25) is 0 Å². The lowest BCUT2D eigenvalue weighted by Gasteiger charge is -2.00. The van der Waals surface area contributed by atoms with Gasteiger partial charge >= 0.3 is 0 Å². The second kappa shape index (κ2) is 8.62. The number of amides is 1. The molecule has 1 amide bonds. The standard InChI is InChI=1S/C8H15NO2S/c1-2-4-9-8(11)7-12-6-3-5-10/h2,10H,1,3-7H2,(H,9,11). The molecule has 0 aliphatic carbocycles. The highest BCUT2D eigenvalue weighted by molar-refractivity contribution is 7.99. The molecule has 0 aromatic rings. The number of rotatable bonds is 7. The third-order valence-electron chi connectivity index (χ3n) is 1.12. The molecule has 70 valence electrons. The lowest BCUT2D eigenvalue weighted by Crippen LogP contribution is -2.25. The van der Waals surface area contributed by atoms with Crippen LogP contribution >= 0.6 is 11.8 Å². The van der Waals surface area contributed by atoms with Crippen LogP contribution in [0.3, 0.4) is 0 Å². The van der Waals surface area contributed by atoms with Gasteiger partial charge in [-0.15, -0.1) is 6.58 Å². The molecule has 0 aromatic heterocycles. The largest absolute Gasteiger partial charge is 0.396 e. The van der Waals surface area contributed by atoms with Gasteiger partial charge in [0.2, 0.25) is 5.91 Å². The Morgan fingerprint density at radius 1 is 1.67 bits per heavy atom. The molecule has 0 atom stereocenters. The molecule has 0 rings (SSSR count). The van der Waals surface area contributed by atoms with Gasteiger partial charge in [0.1, 0.15) is 0 Å². The van der Waals surface area contributed by atoms with Crippen molar-refractivity contribution in [2.24, 2.45) is 0 Å². The third kappa shape index (κ3) is 7.63. The third-order valence-corrected chi connectivity index (χ3v) is 2.17. The van der Waals surface area contributed by atoms with Gasteiger partial charge in [0, 0.05) is 13.2 Å². The minimum Gasteiger partial charge on any atom is -0.396 e. The van der Waals surface area contributed by atoms with Crippen molar-refractivity contribution in [2.45, 2.75) is 6.42 Å². The monoisotopic (exact) mass is 189 g/mol. The van der Waals surface area contributed by atoms with E-state index in [0.717, 1.165) is 12.2 Å². The summed E-state index contributed by atoms with van der Waals surface area (Å²) in [6, 6.07) is 0. The lowest BCUT2D eigenvalue weighted by molar-refractivity contribution is -0.118. The summed E-state index contributed by atoms with van der Waals surface area (Å²) in [5.41, 5.74) is 0. The highest BCUT2D eigenvalue weighted by Gasteiger charge is 1.97. The molecule has 0 saturated heterocycles. The van der Waals surface area contributed by atoms with Gasteiger partial charge in [-0.3, -0.25) is 4.79 Å². The molecule has 0 saturated carbocycles. The fraction of sp³-hybridized carbons (Fsp3) is 0.625. The Labute approximate surface area is 77.2 Å². The smallest absolute Gasteiger partial charge is 0.230 e. The number of aliphatic hydroxyl groups is 1. The number of aliphatic hydroxyl groups excluding tert-OH is 1. The average Bonchev–Trinajstić information content (AvgIpc) is 2.09. The van der Waals surface area contributed by atoms with Crippen LogP contribution in [0.1, 0.15) is 6.42 Å². The maximum atomic E-state index is 10.9. The molecule has 0 heterocycles. The molecule has 12 heavy (non-hydrogen) atoms. The minimum absolute atomic E-state index is 0.0258. The first kappa shape index (κ1) is 11.5. The van der Waals surface area contributed by atoms with Crippen molar-refractivity contribution in [3.8, 4) is 0 Å². The molecule has 0 aromatic carbocycles. The zero-order chi connectivity index (χ0) is 9.23. The predicted octanol–water partition coefficient (Wildman–Crippen LogP) is 0.404. The Balaban J connectivity index is 3.13. The first-order valence-corrected chi connectivity index (χ1v) is 5.03. The first-order valence-electron chi connectivity index (χ1n) is 3.87. The fourth-order valence-corrected chi connectivity index (χ4v) is 1.33. The molecular weight excluding hydrogens is 174 g/mol. The van der Waals surface area contributed by atoms with Crippen LogP contribution in [0.5, 0.6) is 0 Å². The molecule has 0 aliphatic rings. The zero-order valence-electron chi connectivity index (χ0n) is 7.08. The number of carbonyl (C=O) groups is 1. The molecule has 0 fully saturated rings. The summed E-state index contributed by atoms with van der Waals surface area (Å²) in [6.07, 6.45) is 2.40. The maximum absolute atomic E-state index is 10.9. The van der Waals surface area contributed by atoms with E-state index < -0.39 is 0 Å². The topological polar surface area (TPSA) is 49.3 Å². The van der Waals surface area contributed by atoms with Gasteiger partial charge in [-0.25, -0.2) is 0 Å². The maximum Gasteiger partial charge on any atom is 0.230 e. The van der Waals surface area contributed by atoms with Crippen LogP contribution in [0.25, 0.3) is 0 Å². The summed E-state index contributed by atoms with van der Waals surface area (Å²) in [5, 5.41) is 11.1. The number of nitrogens with one attached hydrogen (secondary N) is 1. The molecule has 0 radical (unpaired) electrons. The summed E-state index contributed by atoms with van der Waals surface area (Å²) >= 11 is 1.53. The first-order chi connectivity index (χ1) is 5.81. The van der Waals surface area contributed by atoms with E-state index in [4.69, 9.17) is 5.11 Å². The Hall–Kier alpha value is -0.480. The van der Waals surface area contributed by atoms with Crippen molar-refractivity contribution in [1.82, 2.24) is 5.32 Å². The summed E-state index contributed by atoms with van der Waals surface area (Å²) in [7, 11) is 0. The Morgan fingerprint density at radius 3 is 3.00 bits per heavy atom. The van der Waals surface area contributed by atoms with E-state index in [9.17, 15) is 4.79 Å². The number of thioether (sulfide) groups is 1. The van der Waals surface area contributed by atoms with Crippen LogP contribution in [-0.2, 0) is 4.79 Å². The van der Waals surface area contributed by atoms with Crippen LogP contribution in [0.15, 0.2) is 12.7 Å². The van der Waals surface area contributed by atoms with Gasteiger partial charge in [-0.05, 0) is 12.2 Å². The Bertz CT molecular complexity index is 139. The molecule has 4 heteroatoms. The summed E-state index contributed by atoms with van der Waals surface area (Å²) in [5.74, 6) is 1.32. The van der Waals surface area contributed by atoms with E-state index in [1.165, 1.54) is 11.8 Å². The number of hydrogen-bond donors (Lipinski definition) is 2. The van der Waals surface area contributed by atoms with E-state index in [1.54, 1.807) is 6.08 Å². The van der Waals surface area contributed by atoms with Gasteiger partial charge in [-0.2, -0.15) is 11.8 Å². The fourth-order valence-electron chi connectivity index (χ4n) is 0.569. The molecule has 2 N–H and O–H groups in total. The van der Waals surface area contributed by atoms with Gasteiger partial charge in [-0.1, -0.05) is 6.08 Å². The van der Waals surface area contributed by atoms with E-state index in [1.807, 2.05) is 0 Å². The van der Waals surface area contributed by atoms with Crippen LogP contribution in [-0.4, -0.2) is 35.7 Å². The van der Waals surface area contributed by atoms with Gasteiger partial charge in [0.15, 0.2) is 0 Å². The molecule has 0 spiro atoms. The second-order valence-electron chi connectivity index (χ2n) is 2.22. The van der Waals surface area contributed by atoms with Crippen molar-refractivity contribution in [1.29, 1.82) is 0 Å². The van der Waals surface area contributed by atoms with Crippen molar-refractivity contribution in [3.63, 3.8) is 0 Å². The molecule has 0 unspecified atom stereocenters. The van der Waals surface area contributed by atoms with Crippen molar-refractivity contribution in [2.75, 3.05) is 24.7 Å². The van der Waals surface area contributed by atoms with E-state index in [2.05, 4.69) is 11.9 Å². The van der Waals surface area contributed by atoms with E-state index in [0.29, 0.717) is 12.3 Å². The van der Waals surface area contributed by atoms with Gasteiger partial charge in [0.25, 0.3) is 0 Å². The zero-order valence-corrected chi connectivity index (χ0v) is 7.90. The van der Waals surface area contributed by atoms with Gasteiger partial charge < -0.3 is 10.4 Å². The van der Waals surface area contributed by atoms with Crippen LogP contribution in [0, 0.1) is 0 Å². The van der Waals surface area contributed by atoms with E-state index in [-0.39, 0.29) is 12.5 Å². The summed E-state index contributed by atoms with van der Waals surface area (Å²) in [6.45, 7) is 4.21. The lowest BCUT2D eigenvalue weighted by atomic mass is 10.5. The highest BCUT2D eigenvalue weighted by Crippen LogP contribution is 2.00. The van der Waals surface area contributed by atoms with Gasteiger partial charge in [0.05, 0.1) is 5.75 Å². The summed E-state index contributed by atoms with van der Waals surface area (Å²) < 4.78 is 0. The van der Waals surface area contributed by atoms with Crippen molar-refractivity contribution in [3.05, 3.63) is 12.7 Å². The number of hydrogen-bond acceptors (Lipinski definition) is 3. The molecule has 3 nitrogen and oxygen atoms in total. The van der Waals surface area contributed by atoms with E-state index >= 15 is 0 Å². The van der Waals surface area contributed by atoms with Crippen molar-refractivity contribution < 1.29 is 9.90 Å². The molecule has 0 bridgehead atoms. The molecule has 0 aliphatic heterocycles. The number of carbonyl (C=O) groups excluding carboxylic acids is 1. The SMILES string of the molecule is C=CCNC(=O)CSCCCO. The minimum atomic E-state index is 0.0258. The summed E-state index contributed by atoms with van der Waals surface area (Å²) in [4.78, 5) is 10.9. The second-order valence-corrected chi connectivity index (χ2v) is 3.33. The average molecular weight is 189 g/mol. The predicted molar refractivity (Wildman–Crippen MR) is 52.2 cm³/mol. The quantitative estimate of drug-likeness (QED) is 0.450. The van der Waals surface area contributed by atoms with Crippen LogP contribution in [0.4, 0.5) is 0 Å². The Morgan fingerprint density at radius 2 is 2.42 bits per heavy atom. The Kier molecular flexibility index (Phi) is 8.27. The normalized spacial score (nSPS) is 9.42. The highest BCUT2D eigenvalue weighted by atomic mass is 32.2. The van der Waals surface area contributed by atoms with Crippen molar-refractivity contribution >= 4 is 17.7 Å².